The minimum Gasteiger partial charge on any atom is -0.308 e. The first-order valence-electron chi connectivity index (χ1n) is 18.7. The summed E-state index contributed by atoms with van der Waals surface area (Å²) in [6.45, 7) is 0. The van der Waals surface area contributed by atoms with Gasteiger partial charge >= 0.3 is 6.18 Å². The lowest BCUT2D eigenvalue weighted by atomic mass is 9.96. The van der Waals surface area contributed by atoms with Crippen LogP contribution in [-0.4, -0.2) is 9.13 Å². The number of alkyl halides is 3. The van der Waals surface area contributed by atoms with Gasteiger partial charge in [-0.25, -0.2) is 0 Å². The topological polar surface area (TPSA) is 57.4 Å². The van der Waals surface area contributed by atoms with Crippen LogP contribution in [0.25, 0.3) is 88.4 Å². The molecular formula is C51H29F3N4. The van der Waals surface area contributed by atoms with Crippen LogP contribution in [0.15, 0.2) is 176 Å². The van der Waals surface area contributed by atoms with Gasteiger partial charge in [0, 0.05) is 21.5 Å². The Morgan fingerprint density at radius 3 is 1.29 bits per heavy atom. The van der Waals surface area contributed by atoms with Gasteiger partial charge in [0.25, 0.3) is 0 Å². The molecule has 4 nitrogen and oxygen atoms in total. The number of hydrogen-bond donors (Lipinski definition) is 0. The van der Waals surface area contributed by atoms with Crippen LogP contribution in [0.5, 0.6) is 0 Å². The second-order valence-corrected chi connectivity index (χ2v) is 14.3. The smallest absolute Gasteiger partial charge is 0.308 e. The van der Waals surface area contributed by atoms with E-state index in [1.807, 2.05) is 124 Å². The van der Waals surface area contributed by atoms with Crippen LogP contribution in [-0.2, 0) is 6.18 Å². The number of fused-ring (bicyclic) bond motifs is 6. The summed E-state index contributed by atoms with van der Waals surface area (Å²) in [6, 6.07) is 60.0. The van der Waals surface area contributed by atoms with Gasteiger partial charge in [-0.05, 0) is 100 Å². The number of nitrogens with zero attached hydrogens (tertiary/aromatic N) is 4. The highest BCUT2D eigenvalue weighted by Crippen LogP contribution is 2.42. The average molecular weight is 755 g/mol. The summed E-state index contributed by atoms with van der Waals surface area (Å²) in [7, 11) is 0. The third-order valence-corrected chi connectivity index (χ3v) is 11.0. The standard InChI is InChI=1S/C51H29F3N4/c52-51(53,54)39-24-32(30-55)23-37(25-39)38-28-49(57-45-17-9-7-15-40(45)42-26-35(19-21-47(42)57)33-11-3-1-4-12-33)44(31-56)50(29-38)58-46-18-10-8-16-41(46)43-27-36(20-22-48(43)58)34-13-5-2-6-14-34/h1-29H. The molecule has 0 amide bonds. The zero-order valence-corrected chi connectivity index (χ0v) is 30.7. The molecule has 7 heteroatoms. The highest BCUT2D eigenvalue weighted by Gasteiger charge is 2.32. The maximum atomic E-state index is 14.4. The molecule has 2 heterocycles. The Kier molecular flexibility index (Phi) is 8.00. The van der Waals surface area contributed by atoms with Gasteiger partial charge in [0.05, 0.1) is 50.6 Å². The van der Waals surface area contributed by atoms with Gasteiger partial charge < -0.3 is 9.13 Å². The van der Waals surface area contributed by atoms with Gasteiger partial charge in [0.15, 0.2) is 0 Å². The number of rotatable bonds is 5. The van der Waals surface area contributed by atoms with Crippen LogP contribution in [0.2, 0.25) is 0 Å². The van der Waals surface area contributed by atoms with Gasteiger partial charge in [-0.3, -0.25) is 0 Å². The lowest BCUT2D eigenvalue weighted by Gasteiger charge is -2.19. The molecule has 10 aromatic rings. The number of halogens is 3. The van der Waals surface area contributed by atoms with Crippen molar-refractivity contribution >= 4 is 43.6 Å². The second-order valence-electron chi connectivity index (χ2n) is 14.3. The molecular weight excluding hydrogens is 726 g/mol. The number of nitriles is 2. The van der Waals surface area contributed by atoms with Crippen molar-refractivity contribution in [1.82, 2.24) is 9.13 Å². The fraction of sp³-hybridized carbons (Fsp3) is 0.0196. The van der Waals surface area contributed by atoms with E-state index in [1.165, 1.54) is 6.07 Å². The Balaban J connectivity index is 1.32. The van der Waals surface area contributed by atoms with Gasteiger partial charge in [-0.2, -0.15) is 23.7 Å². The van der Waals surface area contributed by atoms with Gasteiger partial charge in [0.1, 0.15) is 11.6 Å². The number of benzene rings is 8. The predicted molar refractivity (Wildman–Crippen MR) is 226 cm³/mol. The van der Waals surface area contributed by atoms with Crippen LogP contribution in [0.1, 0.15) is 16.7 Å². The van der Waals surface area contributed by atoms with Crippen LogP contribution >= 0.6 is 0 Å². The number of para-hydroxylation sites is 2. The summed E-state index contributed by atoms with van der Waals surface area (Å²) in [5.74, 6) is 0. The van der Waals surface area contributed by atoms with E-state index in [2.05, 4.69) is 42.5 Å². The fourth-order valence-corrected chi connectivity index (χ4v) is 8.35. The number of aromatic nitrogens is 2. The molecule has 0 saturated heterocycles. The molecule has 2 aromatic heterocycles. The fourth-order valence-electron chi connectivity index (χ4n) is 8.35. The van der Waals surface area contributed by atoms with Crippen molar-refractivity contribution in [3.05, 3.63) is 193 Å². The monoisotopic (exact) mass is 754 g/mol. The Bertz CT molecular complexity index is 3160. The first-order valence-corrected chi connectivity index (χ1v) is 18.7. The van der Waals surface area contributed by atoms with Crippen molar-refractivity contribution in [2.75, 3.05) is 0 Å². The maximum absolute atomic E-state index is 14.4. The summed E-state index contributed by atoms with van der Waals surface area (Å²) < 4.78 is 47.2. The Labute approximate surface area is 331 Å². The van der Waals surface area contributed by atoms with Crippen molar-refractivity contribution in [3.63, 3.8) is 0 Å². The van der Waals surface area contributed by atoms with Crippen molar-refractivity contribution in [2.45, 2.75) is 6.18 Å². The number of hydrogen-bond acceptors (Lipinski definition) is 2. The van der Waals surface area contributed by atoms with Crippen molar-refractivity contribution in [3.8, 4) is 56.9 Å². The largest absolute Gasteiger partial charge is 0.416 e. The molecule has 0 spiro atoms. The third-order valence-electron chi connectivity index (χ3n) is 11.0. The van der Waals surface area contributed by atoms with Gasteiger partial charge in [-0.15, -0.1) is 0 Å². The van der Waals surface area contributed by atoms with E-state index in [1.54, 1.807) is 12.1 Å². The zero-order valence-electron chi connectivity index (χ0n) is 30.7. The summed E-state index contributed by atoms with van der Waals surface area (Å²) >= 11 is 0. The van der Waals surface area contributed by atoms with E-state index >= 15 is 0 Å². The lowest BCUT2D eigenvalue weighted by Crippen LogP contribution is -2.07. The molecule has 0 aliphatic heterocycles. The first kappa shape index (κ1) is 34.6. The molecule has 8 aromatic carbocycles. The second kappa shape index (κ2) is 13.4. The van der Waals surface area contributed by atoms with E-state index in [0.29, 0.717) is 22.5 Å². The SMILES string of the molecule is N#Cc1cc(-c2cc(-n3c4ccccc4c4cc(-c5ccccc5)ccc43)c(C#N)c(-n3c4ccccc4c4cc(-c5ccccc5)ccc43)c2)cc(C(F)(F)F)c1. The normalized spacial score (nSPS) is 11.7. The van der Waals surface area contributed by atoms with Crippen LogP contribution in [0.3, 0.4) is 0 Å². The first-order chi connectivity index (χ1) is 28.3. The van der Waals surface area contributed by atoms with E-state index in [0.717, 1.165) is 78.0 Å². The molecule has 0 bridgehead atoms. The molecule has 0 atom stereocenters. The van der Waals surface area contributed by atoms with Crippen LogP contribution < -0.4 is 0 Å². The molecule has 0 saturated carbocycles. The van der Waals surface area contributed by atoms with Crippen molar-refractivity contribution in [2.24, 2.45) is 0 Å². The molecule has 0 aliphatic carbocycles. The van der Waals surface area contributed by atoms with E-state index in [4.69, 9.17) is 0 Å². The van der Waals surface area contributed by atoms with Crippen LogP contribution in [0, 0.1) is 22.7 Å². The Hall–Kier alpha value is -7.87. The minimum absolute atomic E-state index is 0.118. The van der Waals surface area contributed by atoms with Crippen LogP contribution in [0.4, 0.5) is 13.2 Å². The van der Waals surface area contributed by atoms with E-state index in [-0.39, 0.29) is 11.1 Å². The average Bonchev–Trinajstić information content (AvgIpc) is 3.78. The molecule has 0 N–H and O–H groups in total. The molecule has 0 radical (unpaired) electrons. The molecule has 0 aliphatic rings. The summed E-state index contributed by atoms with van der Waals surface area (Å²) in [5, 5.41) is 25.0. The van der Waals surface area contributed by atoms with Gasteiger partial charge in [-0.1, -0.05) is 109 Å². The quantitative estimate of drug-likeness (QED) is 0.176. The molecule has 0 unspecified atom stereocenters. The molecule has 0 fully saturated rings. The Morgan fingerprint density at radius 2 is 0.828 bits per heavy atom. The minimum atomic E-state index is -4.69. The maximum Gasteiger partial charge on any atom is 0.416 e. The predicted octanol–water partition coefficient (Wildman–Crippen LogP) is 13.6. The summed E-state index contributed by atoms with van der Waals surface area (Å²) in [5.41, 5.74) is 8.41. The molecule has 10 rings (SSSR count). The Morgan fingerprint density at radius 1 is 0.379 bits per heavy atom. The van der Waals surface area contributed by atoms with Crippen molar-refractivity contribution in [1.29, 1.82) is 10.5 Å². The highest BCUT2D eigenvalue weighted by atomic mass is 19.4. The summed E-state index contributed by atoms with van der Waals surface area (Å²) in [4.78, 5) is 0. The third kappa shape index (κ3) is 5.60. The zero-order chi connectivity index (χ0) is 39.5. The molecule has 274 valence electrons. The van der Waals surface area contributed by atoms with E-state index in [9.17, 15) is 23.7 Å². The molecule has 58 heavy (non-hydrogen) atoms. The van der Waals surface area contributed by atoms with Crippen molar-refractivity contribution < 1.29 is 13.2 Å². The lowest BCUT2D eigenvalue weighted by molar-refractivity contribution is -0.137. The van der Waals surface area contributed by atoms with Gasteiger partial charge in [0.2, 0.25) is 0 Å². The summed E-state index contributed by atoms with van der Waals surface area (Å²) in [6.07, 6.45) is -4.69. The van der Waals surface area contributed by atoms with E-state index < -0.39 is 11.7 Å². The highest BCUT2D eigenvalue weighted by molar-refractivity contribution is 6.12.